The van der Waals surface area contributed by atoms with E-state index in [2.05, 4.69) is 15.0 Å². The van der Waals surface area contributed by atoms with Crippen LogP contribution in [0.3, 0.4) is 0 Å². The monoisotopic (exact) mass is 266 g/mol. The van der Waals surface area contributed by atoms with Gasteiger partial charge in [0.05, 0.1) is 23.9 Å². The maximum absolute atomic E-state index is 11.0. The first-order valence-corrected chi connectivity index (χ1v) is 6.38. The molecule has 1 N–H and O–H groups in total. The number of methoxy groups -OCH3 is 1. The Morgan fingerprint density at radius 1 is 1.50 bits per heavy atom. The molecule has 1 aromatic heterocycles. The molecular formula is C12H14N2O3S. The summed E-state index contributed by atoms with van der Waals surface area (Å²) in [5, 5.41) is 3.63. The van der Waals surface area contributed by atoms with Gasteiger partial charge in [0.15, 0.2) is 5.13 Å². The van der Waals surface area contributed by atoms with Gasteiger partial charge in [-0.3, -0.25) is 4.79 Å². The average molecular weight is 266 g/mol. The minimum atomic E-state index is -0.315. The number of fused-ring (bicyclic) bond motifs is 1. The average Bonchev–Trinajstić information content (AvgIpc) is 2.78. The molecule has 0 fully saturated rings. The molecule has 18 heavy (non-hydrogen) atoms. The normalized spacial score (nSPS) is 10.3. The fraction of sp³-hybridized carbons (Fsp3) is 0.333. The number of benzene rings is 1. The molecule has 1 aromatic carbocycles. The summed E-state index contributed by atoms with van der Waals surface area (Å²) in [6.07, 6.45) is 0. The lowest BCUT2D eigenvalue weighted by molar-refractivity contribution is -0.138. The Balaban J connectivity index is 2.14. The van der Waals surface area contributed by atoms with Crippen LogP contribution < -0.4 is 10.1 Å². The van der Waals surface area contributed by atoms with Crippen LogP contribution in [-0.2, 0) is 9.53 Å². The number of carbonyl (C=O) groups excluding carboxylic acids is 1. The van der Waals surface area contributed by atoms with Gasteiger partial charge in [0.2, 0.25) is 0 Å². The van der Waals surface area contributed by atoms with Crippen molar-refractivity contribution in [1.29, 1.82) is 0 Å². The van der Waals surface area contributed by atoms with Gasteiger partial charge in [-0.1, -0.05) is 11.3 Å². The molecule has 0 aliphatic rings. The third-order valence-electron chi connectivity index (χ3n) is 2.28. The second-order valence-corrected chi connectivity index (χ2v) is 4.54. The summed E-state index contributed by atoms with van der Waals surface area (Å²) in [5.74, 6) is 0.512. The molecule has 0 saturated carbocycles. The highest BCUT2D eigenvalue weighted by molar-refractivity contribution is 7.22. The first kappa shape index (κ1) is 12.6. The quantitative estimate of drug-likeness (QED) is 0.841. The predicted molar refractivity (Wildman–Crippen MR) is 71.3 cm³/mol. The van der Waals surface area contributed by atoms with Crippen LogP contribution in [0.25, 0.3) is 10.2 Å². The number of nitrogens with zero attached hydrogens (tertiary/aromatic N) is 1. The first-order valence-electron chi connectivity index (χ1n) is 5.57. The predicted octanol–water partition coefficient (Wildman–Crippen LogP) is 2.28. The first-order chi connectivity index (χ1) is 8.72. The fourth-order valence-electron chi connectivity index (χ4n) is 1.46. The number of anilines is 1. The van der Waals surface area contributed by atoms with E-state index < -0.39 is 0 Å². The highest BCUT2D eigenvalue weighted by Gasteiger charge is 2.06. The number of nitrogens with one attached hydrogen (secondary N) is 1. The lowest BCUT2D eigenvalue weighted by Gasteiger charge is -2.00. The molecule has 0 amide bonds. The Morgan fingerprint density at radius 3 is 3.06 bits per heavy atom. The van der Waals surface area contributed by atoms with Crippen molar-refractivity contribution in [1.82, 2.24) is 4.98 Å². The van der Waals surface area contributed by atoms with Gasteiger partial charge < -0.3 is 14.8 Å². The van der Waals surface area contributed by atoms with E-state index in [1.54, 1.807) is 0 Å². The third-order valence-corrected chi connectivity index (χ3v) is 3.26. The van der Waals surface area contributed by atoms with E-state index in [0.29, 0.717) is 11.7 Å². The summed E-state index contributed by atoms with van der Waals surface area (Å²) >= 11 is 1.48. The lowest BCUT2D eigenvalue weighted by atomic mass is 10.3. The molecular weight excluding hydrogens is 252 g/mol. The molecule has 96 valence electrons. The van der Waals surface area contributed by atoms with E-state index in [4.69, 9.17) is 4.74 Å². The Hall–Kier alpha value is -1.82. The summed E-state index contributed by atoms with van der Waals surface area (Å²) < 4.78 is 11.0. The molecule has 5 nitrogen and oxygen atoms in total. The highest BCUT2D eigenvalue weighted by Crippen LogP contribution is 2.29. The van der Waals surface area contributed by atoms with Crippen LogP contribution in [0.5, 0.6) is 5.75 Å². The molecule has 2 rings (SSSR count). The molecule has 0 unspecified atom stereocenters. The summed E-state index contributed by atoms with van der Waals surface area (Å²) in [6.45, 7) is 2.70. The number of hydrogen-bond donors (Lipinski definition) is 1. The molecule has 6 heteroatoms. The molecule has 0 bridgehead atoms. The molecule has 0 atom stereocenters. The van der Waals surface area contributed by atoms with Gasteiger partial charge >= 0.3 is 5.97 Å². The van der Waals surface area contributed by atoms with E-state index in [1.807, 2.05) is 25.1 Å². The number of ether oxygens (including phenoxy) is 2. The zero-order valence-electron chi connectivity index (χ0n) is 10.2. The van der Waals surface area contributed by atoms with Gasteiger partial charge in [0.25, 0.3) is 0 Å². The summed E-state index contributed by atoms with van der Waals surface area (Å²) in [6, 6.07) is 5.73. The van der Waals surface area contributed by atoms with E-state index in [0.717, 1.165) is 16.0 Å². The number of esters is 1. The molecule has 0 saturated heterocycles. The van der Waals surface area contributed by atoms with Crippen molar-refractivity contribution < 1.29 is 14.3 Å². The van der Waals surface area contributed by atoms with Crippen molar-refractivity contribution in [3.8, 4) is 5.75 Å². The molecule has 0 spiro atoms. The standard InChI is InChI=1S/C12H14N2O3S/c1-3-17-8-4-5-9-10(6-8)18-12(14-9)13-7-11(15)16-2/h4-6H,3,7H2,1-2H3,(H,13,14). The summed E-state index contributed by atoms with van der Waals surface area (Å²) in [5.41, 5.74) is 0.885. The molecule has 0 aliphatic heterocycles. The fourth-order valence-corrected chi connectivity index (χ4v) is 2.35. The van der Waals surface area contributed by atoms with Crippen LogP contribution >= 0.6 is 11.3 Å². The van der Waals surface area contributed by atoms with Crippen LogP contribution in [0.1, 0.15) is 6.92 Å². The van der Waals surface area contributed by atoms with Crippen molar-refractivity contribution in [3.63, 3.8) is 0 Å². The van der Waals surface area contributed by atoms with Crippen molar-refractivity contribution in [3.05, 3.63) is 18.2 Å². The minimum Gasteiger partial charge on any atom is -0.494 e. The lowest BCUT2D eigenvalue weighted by Crippen LogP contribution is -2.14. The maximum Gasteiger partial charge on any atom is 0.325 e. The maximum atomic E-state index is 11.0. The summed E-state index contributed by atoms with van der Waals surface area (Å²) in [4.78, 5) is 15.4. The smallest absolute Gasteiger partial charge is 0.325 e. The number of thiazole rings is 1. The molecule has 2 aromatic rings. The van der Waals surface area contributed by atoms with Crippen LogP contribution in [0.4, 0.5) is 5.13 Å². The largest absolute Gasteiger partial charge is 0.494 e. The van der Waals surface area contributed by atoms with Gasteiger partial charge in [-0.15, -0.1) is 0 Å². The number of hydrogen-bond acceptors (Lipinski definition) is 6. The van der Waals surface area contributed by atoms with E-state index in [1.165, 1.54) is 18.4 Å². The second kappa shape index (κ2) is 5.68. The van der Waals surface area contributed by atoms with Gasteiger partial charge in [-0.05, 0) is 25.1 Å². The van der Waals surface area contributed by atoms with Crippen molar-refractivity contribution in [2.45, 2.75) is 6.92 Å². The number of rotatable bonds is 5. The van der Waals surface area contributed by atoms with Crippen molar-refractivity contribution in [2.24, 2.45) is 0 Å². The van der Waals surface area contributed by atoms with Crippen LogP contribution in [0, 0.1) is 0 Å². The number of aromatic nitrogens is 1. The summed E-state index contributed by atoms with van der Waals surface area (Å²) in [7, 11) is 1.36. The van der Waals surface area contributed by atoms with Gasteiger partial charge in [0, 0.05) is 0 Å². The second-order valence-electron chi connectivity index (χ2n) is 3.51. The van der Waals surface area contributed by atoms with E-state index in [-0.39, 0.29) is 12.5 Å². The Kier molecular flexibility index (Phi) is 3.99. The Morgan fingerprint density at radius 2 is 2.33 bits per heavy atom. The zero-order valence-corrected chi connectivity index (χ0v) is 11.0. The highest BCUT2D eigenvalue weighted by atomic mass is 32.1. The van der Waals surface area contributed by atoms with E-state index in [9.17, 15) is 4.79 Å². The molecule has 0 radical (unpaired) electrons. The number of carbonyl (C=O) groups is 1. The van der Waals surface area contributed by atoms with E-state index >= 15 is 0 Å². The zero-order chi connectivity index (χ0) is 13.0. The SMILES string of the molecule is CCOc1ccc2nc(NCC(=O)OC)sc2c1. The van der Waals surface area contributed by atoms with Gasteiger partial charge in [-0.2, -0.15) is 0 Å². The van der Waals surface area contributed by atoms with Crippen LogP contribution in [0.2, 0.25) is 0 Å². The van der Waals surface area contributed by atoms with Crippen molar-refractivity contribution >= 4 is 32.7 Å². The van der Waals surface area contributed by atoms with Crippen LogP contribution in [-0.4, -0.2) is 31.2 Å². The molecule has 0 aliphatic carbocycles. The topological polar surface area (TPSA) is 60.5 Å². The van der Waals surface area contributed by atoms with Gasteiger partial charge in [0.1, 0.15) is 12.3 Å². The molecule has 1 heterocycles. The van der Waals surface area contributed by atoms with Crippen LogP contribution in [0.15, 0.2) is 18.2 Å². The third kappa shape index (κ3) is 2.89. The van der Waals surface area contributed by atoms with Gasteiger partial charge in [-0.25, -0.2) is 4.98 Å². The minimum absolute atomic E-state index is 0.120. The van der Waals surface area contributed by atoms with Crippen molar-refractivity contribution in [2.75, 3.05) is 25.6 Å². The Bertz CT molecular complexity index is 553. The Labute approximate surface area is 109 Å².